The highest BCUT2D eigenvalue weighted by Gasteiger charge is 1.90. The van der Waals surface area contributed by atoms with Crippen molar-refractivity contribution >= 4 is 33.7 Å². The van der Waals surface area contributed by atoms with Gasteiger partial charge in [0.15, 0.2) is 5.82 Å². The van der Waals surface area contributed by atoms with Crippen molar-refractivity contribution in [1.29, 1.82) is 0 Å². The molecular formula is C5H6BrN3S. The van der Waals surface area contributed by atoms with Gasteiger partial charge in [0.2, 0.25) is 0 Å². The zero-order chi connectivity index (χ0) is 7.40. The van der Waals surface area contributed by atoms with Gasteiger partial charge >= 0.3 is 0 Å². The van der Waals surface area contributed by atoms with Crippen LogP contribution in [0.25, 0.3) is 0 Å². The molecule has 0 fully saturated rings. The van der Waals surface area contributed by atoms with Crippen LogP contribution in [0, 0.1) is 0 Å². The molecule has 0 saturated carbocycles. The van der Waals surface area contributed by atoms with Gasteiger partial charge in [-0.1, -0.05) is 11.9 Å². The van der Waals surface area contributed by atoms with Crippen LogP contribution in [0.5, 0.6) is 0 Å². The first-order valence-corrected chi connectivity index (χ1v) is 4.63. The molecule has 0 radical (unpaired) electrons. The van der Waals surface area contributed by atoms with Crippen molar-refractivity contribution in [1.82, 2.24) is 10.2 Å². The van der Waals surface area contributed by atoms with E-state index in [0.717, 1.165) is 10.4 Å². The van der Waals surface area contributed by atoms with Crippen LogP contribution in [0.2, 0.25) is 0 Å². The molecule has 0 aliphatic rings. The summed E-state index contributed by atoms with van der Waals surface area (Å²) in [6.07, 6.45) is 1.93. The lowest BCUT2D eigenvalue weighted by atomic mass is 10.6. The maximum Gasteiger partial charge on any atom is 0.158 e. The molecule has 0 atom stereocenters. The van der Waals surface area contributed by atoms with Crippen LogP contribution in [-0.2, 0) is 0 Å². The van der Waals surface area contributed by atoms with Crippen LogP contribution in [-0.4, -0.2) is 16.5 Å². The predicted octanol–water partition coefficient (Wildman–Crippen LogP) is 1.93. The number of rotatable bonds is 2. The summed E-state index contributed by atoms with van der Waals surface area (Å²) in [5.41, 5.74) is 0. The third kappa shape index (κ3) is 2.15. The number of anilines is 1. The Morgan fingerprint density at radius 1 is 1.50 bits per heavy atom. The SMILES string of the molecule is CSNc1ccc(Br)nn1. The Balaban J connectivity index is 2.69. The summed E-state index contributed by atoms with van der Waals surface area (Å²) in [6.45, 7) is 0. The van der Waals surface area contributed by atoms with E-state index < -0.39 is 0 Å². The van der Waals surface area contributed by atoms with E-state index in [0.29, 0.717) is 0 Å². The van der Waals surface area contributed by atoms with E-state index in [9.17, 15) is 0 Å². The van der Waals surface area contributed by atoms with Crippen LogP contribution < -0.4 is 4.72 Å². The van der Waals surface area contributed by atoms with Crippen LogP contribution in [0.15, 0.2) is 16.7 Å². The third-order valence-corrected chi connectivity index (χ3v) is 1.67. The summed E-state index contributed by atoms with van der Waals surface area (Å²) in [5.74, 6) is 0.774. The second-order valence-electron chi connectivity index (χ2n) is 1.55. The van der Waals surface area contributed by atoms with Crippen molar-refractivity contribution < 1.29 is 0 Å². The summed E-state index contributed by atoms with van der Waals surface area (Å²) >= 11 is 4.68. The smallest absolute Gasteiger partial charge is 0.158 e. The monoisotopic (exact) mass is 219 g/mol. The van der Waals surface area contributed by atoms with Crippen LogP contribution in [0.3, 0.4) is 0 Å². The van der Waals surface area contributed by atoms with Gasteiger partial charge in [-0.15, -0.1) is 10.2 Å². The summed E-state index contributed by atoms with van der Waals surface area (Å²) in [6, 6.07) is 3.69. The topological polar surface area (TPSA) is 37.8 Å². The van der Waals surface area contributed by atoms with Gasteiger partial charge in [0.05, 0.1) is 0 Å². The number of aromatic nitrogens is 2. The number of nitrogens with one attached hydrogen (secondary N) is 1. The predicted molar refractivity (Wildman–Crippen MR) is 46.9 cm³/mol. The van der Waals surface area contributed by atoms with E-state index in [1.54, 1.807) is 0 Å². The quantitative estimate of drug-likeness (QED) is 0.772. The Labute approximate surface area is 71.9 Å². The van der Waals surface area contributed by atoms with Gasteiger partial charge in [-0.25, -0.2) is 0 Å². The zero-order valence-corrected chi connectivity index (χ0v) is 7.74. The largest absolute Gasteiger partial charge is 0.313 e. The molecule has 54 valence electrons. The number of hydrogen-bond acceptors (Lipinski definition) is 4. The second-order valence-corrected chi connectivity index (χ2v) is 2.97. The van der Waals surface area contributed by atoms with E-state index in [4.69, 9.17) is 0 Å². The normalized spacial score (nSPS) is 9.40. The molecule has 1 aromatic heterocycles. The first kappa shape index (κ1) is 7.81. The van der Waals surface area contributed by atoms with E-state index in [1.165, 1.54) is 11.9 Å². The Morgan fingerprint density at radius 3 is 2.80 bits per heavy atom. The van der Waals surface area contributed by atoms with Crippen molar-refractivity contribution in [2.75, 3.05) is 11.0 Å². The Morgan fingerprint density at radius 2 is 2.30 bits per heavy atom. The molecule has 1 heterocycles. The average molecular weight is 220 g/mol. The van der Waals surface area contributed by atoms with E-state index in [1.807, 2.05) is 18.4 Å². The molecule has 1 rings (SSSR count). The molecule has 1 N–H and O–H groups in total. The molecule has 0 spiro atoms. The molecule has 0 aliphatic carbocycles. The summed E-state index contributed by atoms with van der Waals surface area (Å²) in [4.78, 5) is 0. The fourth-order valence-electron chi connectivity index (χ4n) is 0.475. The van der Waals surface area contributed by atoms with E-state index >= 15 is 0 Å². The minimum absolute atomic E-state index is 0.749. The van der Waals surface area contributed by atoms with Gasteiger partial charge < -0.3 is 4.72 Å². The molecule has 3 nitrogen and oxygen atoms in total. The molecule has 0 aromatic carbocycles. The molecule has 0 aliphatic heterocycles. The molecule has 5 heteroatoms. The number of halogens is 1. The molecule has 1 aromatic rings. The van der Waals surface area contributed by atoms with Gasteiger partial charge in [-0.3, -0.25) is 0 Å². The highest BCUT2D eigenvalue weighted by atomic mass is 79.9. The number of nitrogens with zero attached hydrogens (tertiary/aromatic N) is 2. The molecule has 0 saturated heterocycles. The summed E-state index contributed by atoms with van der Waals surface area (Å²) < 4.78 is 3.71. The van der Waals surface area contributed by atoms with Gasteiger partial charge in [0.1, 0.15) is 4.60 Å². The van der Waals surface area contributed by atoms with Gasteiger partial charge in [0.25, 0.3) is 0 Å². The van der Waals surface area contributed by atoms with Gasteiger partial charge in [0, 0.05) is 6.26 Å². The molecule has 0 unspecified atom stereocenters. The highest BCUT2D eigenvalue weighted by Crippen LogP contribution is 2.08. The minimum atomic E-state index is 0.749. The van der Waals surface area contributed by atoms with Crippen molar-refractivity contribution in [2.24, 2.45) is 0 Å². The second kappa shape index (κ2) is 3.78. The van der Waals surface area contributed by atoms with Crippen molar-refractivity contribution in [3.8, 4) is 0 Å². The summed E-state index contributed by atoms with van der Waals surface area (Å²) in [7, 11) is 0. The highest BCUT2D eigenvalue weighted by molar-refractivity contribution is 9.10. The van der Waals surface area contributed by atoms with E-state index in [-0.39, 0.29) is 0 Å². The average Bonchev–Trinajstić information content (AvgIpc) is 1.95. The Hall–Kier alpha value is -0.290. The lowest BCUT2D eigenvalue weighted by molar-refractivity contribution is 1.02. The zero-order valence-electron chi connectivity index (χ0n) is 5.34. The van der Waals surface area contributed by atoms with Gasteiger partial charge in [-0.05, 0) is 28.1 Å². The van der Waals surface area contributed by atoms with E-state index in [2.05, 4.69) is 30.8 Å². The van der Waals surface area contributed by atoms with Crippen molar-refractivity contribution in [3.05, 3.63) is 16.7 Å². The molecule has 0 amide bonds. The third-order valence-electron chi connectivity index (χ3n) is 0.839. The minimum Gasteiger partial charge on any atom is -0.313 e. The maximum absolute atomic E-state index is 3.84. The Kier molecular flexibility index (Phi) is 2.95. The lowest BCUT2D eigenvalue weighted by Crippen LogP contribution is -1.90. The fraction of sp³-hybridized carbons (Fsp3) is 0.200. The molecular weight excluding hydrogens is 214 g/mol. The standard InChI is InChI=1S/C5H6BrN3S/c1-10-9-5-3-2-4(6)7-8-5/h2-3H,1H3,(H,8,9). The van der Waals surface area contributed by atoms with Crippen molar-refractivity contribution in [2.45, 2.75) is 0 Å². The summed E-state index contributed by atoms with van der Waals surface area (Å²) in [5, 5.41) is 7.63. The number of hydrogen-bond donors (Lipinski definition) is 1. The first-order valence-electron chi connectivity index (χ1n) is 2.61. The van der Waals surface area contributed by atoms with Crippen molar-refractivity contribution in [3.63, 3.8) is 0 Å². The molecule has 10 heavy (non-hydrogen) atoms. The molecule has 0 bridgehead atoms. The maximum atomic E-state index is 3.84. The fourth-order valence-corrected chi connectivity index (χ4v) is 1.00. The van der Waals surface area contributed by atoms with Crippen LogP contribution >= 0.6 is 27.9 Å². The lowest BCUT2D eigenvalue weighted by Gasteiger charge is -1.97. The Bertz CT molecular complexity index is 201. The van der Waals surface area contributed by atoms with Crippen LogP contribution in [0.4, 0.5) is 5.82 Å². The van der Waals surface area contributed by atoms with Gasteiger partial charge in [-0.2, -0.15) is 0 Å². The van der Waals surface area contributed by atoms with Crippen LogP contribution in [0.1, 0.15) is 0 Å². The first-order chi connectivity index (χ1) is 4.83.